The van der Waals surface area contributed by atoms with E-state index in [0.29, 0.717) is 18.9 Å². The molecule has 1 aromatic rings. The quantitative estimate of drug-likeness (QED) is 0.788. The number of nitrogens with zero attached hydrogens (tertiary/aromatic N) is 3. The fourth-order valence-electron chi connectivity index (χ4n) is 2.48. The van der Waals surface area contributed by atoms with Crippen molar-refractivity contribution in [3.63, 3.8) is 0 Å². The van der Waals surface area contributed by atoms with Gasteiger partial charge < -0.3 is 9.64 Å². The second kappa shape index (κ2) is 4.72. The maximum absolute atomic E-state index is 12.2. The molecule has 1 amide bonds. The SMILES string of the molecule is Cn1ccc(CC(=O)N2CCOC(C3CC3)C2)n1. The number of ether oxygens (including phenoxy) is 1. The normalized spacial score (nSPS) is 24.3. The maximum Gasteiger partial charge on any atom is 0.228 e. The summed E-state index contributed by atoms with van der Waals surface area (Å²) in [5.41, 5.74) is 0.844. The van der Waals surface area contributed by atoms with Crippen LogP contribution in [0.4, 0.5) is 0 Å². The minimum absolute atomic E-state index is 0.169. The van der Waals surface area contributed by atoms with Gasteiger partial charge in [-0.3, -0.25) is 9.48 Å². The molecule has 1 saturated heterocycles. The van der Waals surface area contributed by atoms with Crippen molar-refractivity contribution in [2.45, 2.75) is 25.4 Å². The van der Waals surface area contributed by atoms with Crippen molar-refractivity contribution in [2.75, 3.05) is 19.7 Å². The van der Waals surface area contributed by atoms with Gasteiger partial charge in [0, 0.05) is 26.3 Å². The summed E-state index contributed by atoms with van der Waals surface area (Å²) in [6, 6.07) is 1.90. The van der Waals surface area contributed by atoms with Crippen molar-refractivity contribution >= 4 is 5.91 Å². The van der Waals surface area contributed by atoms with Crippen molar-refractivity contribution in [1.29, 1.82) is 0 Å². The molecule has 3 rings (SSSR count). The van der Waals surface area contributed by atoms with Crippen LogP contribution in [0.5, 0.6) is 0 Å². The molecule has 1 aromatic heterocycles. The van der Waals surface area contributed by atoms with E-state index in [1.807, 2.05) is 24.2 Å². The molecule has 5 heteroatoms. The third-order valence-corrected chi connectivity index (χ3v) is 3.70. The first-order valence-corrected chi connectivity index (χ1v) is 6.60. The summed E-state index contributed by atoms with van der Waals surface area (Å²) < 4.78 is 7.45. The molecule has 1 saturated carbocycles. The molecule has 1 atom stereocenters. The monoisotopic (exact) mass is 249 g/mol. The van der Waals surface area contributed by atoms with Crippen molar-refractivity contribution in [3.05, 3.63) is 18.0 Å². The van der Waals surface area contributed by atoms with E-state index in [2.05, 4.69) is 5.10 Å². The fraction of sp³-hybridized carbons (Fsp3) is 0.692. The summed E-state index contributed by atoms with van der Waals surface area (Å²) in [7, 11) is 1.87. The predicted molar refractivity (Wildman–Crippen MR) is 66.0 cm³/mol. The Kier molecular flexibility index (Phi) is 3.07. The Morgan fingerprint density at radius 2 is 2.39 bits per heavy atom. The highest BCUT2D eigenvalue weighted by molar-refractivity contribution is 5.78. The maximum atomic E-state index is 12.2. The van der Waals surface area contributed by atoms with Crippen LogP contribution in [0, 0.1) is 5.92 Å². The Balaban J connectivity index is 1.57. The van der Waals surface area contributed by atoms with Crippen molar-refractivity contribution < 1.29 is 9.53 Å². The highest BCUT2D eigenvalue weighted by Gasteiger charge is 2.36. The third-order valence-electron chi connectivity index (χ3n) is 3.70. The molecule has 98 valence electrons. The van der Waals surface area contributed by atoms with Crippen LogP contribution in [0.1, 0.15) is 18.5 Å². The molecule has 2 fully saturated rings. The number of morpholine rings is 1. The van der Waals surface area contributed by atoms with Crippen LogP contribution in [0.25, 0.3) is 0 Å². The van der Waals surface area contributed by atoms with Gasteiger partial charge in [-0.1, -0.05) is 0 Å². The number of carbonyl (C=O) groups is 1. The van der Waals surface area contributed by atoms with Gasteiger partial charge in [0.2, 0.25) is 5.91 Å². The van der Waals surface area contributed by atoms with Crippen LogP contribution in [0.3, 0.4) is 0 Å². The van der Waals surface area contributed by atoms with E-state index in [-0.39, 0.29) is 12.0 Å². The molecule has 0 aromatic carbocycles. The van der Waals surface area contributed by atoms with E-state index in [9.17, 15) is 4.79 Å². The Hall–Kier alpha value is -1.36. The molecule has 0 spiro atoms. The number of aryl methyl sites for hydroxylation is 1. The van der Waals surface area contributed by atoms with Gasteiger partial charge in [-0.05, 0) is 24.8 Å². The number of rotatable bonds is 3. The number of amides is 1. The largest absolute Gasteiger partial charge is 0.374 e. The number of hydrogen-bond acceptors (Lipinski definition) is 3. The number of hydrogen-bond donors (Lipinski definition) is 0. The van der Waals surface area contributed by atoms with E-state index in [1.165, 1.54) is 12.8 Å². The van der Waals surface area contributed by atoms with Crippen molar-refractivity contribution in [2.24, 2.45) is 13.0 Å². The summed E-state index contributed by atoms with van der Waals surface area (Å²) in [5, 5.41) is 4.25. The second-order valence-corrected chi connectivity index (χ2v) is 5.24. The second-order valence-electron chi connectivity index (χ2n) is 5.24. The van der Waals surface area contributed by atoms with Crippen LogP contribution in [0.2, 0.25) is 0 Å². The lowest BCUT2D eigenvalue weighted by molar-refractivity contribution is -0.138. The van der Waals surface area contributed by atoms with Crippen LogP contribution in [-0.4, -0.2) is 46.4 Å². The lowest BCUT2D eigenvalue weighted by atomic mass is 10.1. The van der Waals surface area contributed by atoms with Crippen LogP contribution in [0.15, 0.2) is 12.3 Å². The molecule has 2 aliphatic rings. The standard InChI is InChI=1S/C13H19N3O2/c1-15-5-4-11(14-15)8-13(17)16-6-7-18-12(9-16)10-2-3-10/h4-5,10,12H,2-3,6-9H2,1H3. The van der Waals surface area contributed by atoms with Gasteiger partial charge in [-0.15, -0.1) is 0 Å². The molecule has 1 aliphatic heterocycles. The molecule has 0 N–H and O–H groups in total. The molecular formula is C13H19N3O2. The average Bonchev–Trinajstić information content (AvgIpc) is 3.14. The summed E-state index contributed by atoms with van der Waals surface area (Å²) in [5.74, 6) is 0.859. The van der Waals surface area contributed by atoms with E-state index in [0.717, 1.165) is 18.8 Å². The van der Waals surface area contributed by atoms with Crippen LogP contribution in [-0.2, 0) is 23.0 Å². The minimum Gasteiger partial charge on any atom is -0.374 e. The zero-order valence-electron chi connectivity index (χ0n) is 10.7. The summed E-state index contributed by atoms with van der Waals surface area (Å²) in [6.45, 7) is 2.15. The minimum atomic E-state index is 0.169. The fourth-order valence-corrected chi connectivity index (χ4v) is 2.48. The highest BCUT2D eigenvalue weighted by Crippen LogP contribution is 2.35. The first-order chi connectivity index (χ1) is 8.72. The van der Waals surface area contributed by atoms with Crippen molar-refractivity contribution in [3.8, 4) is 0 Å². The molecule has 0 bridgehead atoms. The molecule has 18 heavy (non-hydrogen) atoms. The van der Waals surface area contributed by atoms with E-state index >= 15 is 0 Å². The Morgan fingerprint density at radius 3 is 3.06 bits per heavy atom. The van der Waals surface area contributed by atoms with Gasteiger partial charge in [0.25, 0.3) is 0 Å². The van der Waals surface area contributed by atoms with Gasteiger partial charge in [0.05, 0.1) is 24.8 Å². The summed E-state index contributed by atoms with van der Waals surface area (Å²) >= 11 is 0. The van der Waals surface area contributed by atoms with Gasteiger partial charge in [0.1, 0.15) is 0 Å². The zero-order chi connectivity index (χ0) is 12.5. The molecular weight excluding hydrogens is 230 g/mol. The molecule has 0 radical (unpaired) electrons. The lowest BCUT2D eigenvalue weighted by Crippen LogP contribution is -2.47. The molecule has 2 heterocycles. The third kappa shape index (κ3) is 2.56. The van der Waals surface area contributed by atoms with Gasteiger partial charge >= 0.3 is 0 Å². The highest BCUT2D eigenvalue weighted by atomic mass is 16.5. The first-order valence-electron chi connectivity index (χ1n) is 6.60. The first kappa shape index (κ1) is 11.7. The Labute approximate surface area is 107 Å². The van der Waals surface area contributed by atoms with Gasteiger partial charge in [-0.25, -0.2) is 0 Å². The zero-order valence-corrected chi connectivity index (χ0v) is 10.7. The average molecular weight is 249 g/mol. The van der Waals surface area contributed by atoms with Gasteiger partial charge in [0.15, 0.2) is 0 Å². The van der Waals surface area contributed by atoms with Crippen LogP contribution < -0.4 is 0 Å². The molecule has 5 nitrogen and oxygen atoms in total. The molecule has 1 aliphatic carbocycles. The molecule has 1 unspecified atom stereocenters. The van der Waals surface area contributed by atoms with Crippen molar-refractivity contribution in [1.82, 2.24) is 14.7 Å². The topological polar surface area (TPSA) is 47.4 Å². The summed E-state index contributed by atoms with van der Waals surface area (Å²) in [6.07, 6.45) is 5.05. The number of aromatic nitrogens is 2. The predicted octanol–water partition coefficient (Wildman–Crippen LogP) is 0.600. The van der Waals surface area contributed by atoms with Crippen LogP contribution >= 0.6 is 0 Å². The Morgan fingerprint density at radius 1 is 1.56 bits per heavy atom. The Bertz CT molecular complexity index is 439. The van der Waals surface area contributed by atoms with E-state index in [4.69, 9.17) is 4.74 Å². The van der Waals surface area contributed by atoms with E-state index in [1.54, 1.807) is 4.68 Å². The lowest BCUT2D eigenvalue weighted by Gasteiger charge is -2.33. The van der Waals surface area contributed by atoms with E-state index < -0.39 is 0 Å². The summed E-state index contributed by atoms with van der Waals surface area (Å²) in [4.78, 5) is 14.1. The number of carbonyl (C=O) groups excluding carboxylic acids is 1. The smallest absolute Gasteiger partial charge is 0.228 e. The van der Waals surface area contributed by atoms with Gasteiger partial charge in [-0.2, -0.15) is 5.10 Å².